The van der Waals surface area contributed by atoms with Crippen LogP contribution in [-0.4, -0.2) is 24.0 Å². The maximum Gasteiger partial charge on any atom is 0.263 e. The van der Waals surface area contributed by atoms with E-state index in [1.54, 1.807) is 6.07 Å². The van der Waals surface area contributed by atoms with Crippen LogP contribution in [0.5, 0.6) is 0 Å². The third-order valence-electron chi connectivity index (χ3n) is 3.46. The molecule has 0 saturated heterocycles. The zero-order valence-electron chi connectivity index (χ0n) is 10.6. The SMILES string of the molecule is Nc1ccc2c(ccc3sc4c(c32)NCCNC4=O)n1. The second-order valence-electron chi connectivity index (χ2n) is 4.73. The summed E-state index contributed by atoms with van der Waals surface area (Å²) in [6.45, 7) is 1.36. The molecule has 1 aromatic carbocycles. The molecule has 2 aromatic heterocycles. The van der Waals surface area contributed by atoms with Crippen molar-refractivity contribution in [3.8, 4) is 0 Å². The van der Waals surface area contributed by atoms with Gasteiger partial charge in [0.2, 0.25) is 0 Å². The molecule has 1 aliphatic rings. The van der Waals surface area contributed by atoms with E-state index in [9.17, 15) is 4.79 Å². The number of rotatable bonds is 0. The lowest BCUT2D eigenvalue weighted by atomic mass is 10.1. The van der Waals surface area contributed by atoms with Crippen molar-refractivity contribution in [2.45, 2.75) is 0 Å². The highest BCUT2D eigenvalue weighted by molar-refractivity contribution is 7.21. The van der Waals surface area contributed by atoms with Gasteiger partial charge in [-0.2, -0.15) is 0 Å². The predicted molar refractivity (Wildman–Crippen MR) is 82.4 cm³/mol. The number of carbonyl (C=O) groups is 1. The number of aromatic nitrogens is 1. The average molecular weight is 284 g/mol. The third kappa shape index (κ3) is 1.55. The number of thiophene rings is 1. The number of fused-ring (bicyclic) bond motifs is 5. The van der Waals surface area contributed by atoms with Crippen LogP contribution in [0.25, 0.3) is 21.0 Å². The van der Waals surface area contributed by atoms with Gasteiger partial charge in [-0.3, -0.25) is 4.79 Å². The number of carbonyl (C=O) groups excluding carboxylic acids is 1. The molecule has 0 radical (unpaired) electrons. The average Bonchev–Trinajstić information content (AvgIpc) is 2.73. The summed E-state index contributed by atoms with van der Waals surface area (Å²) in [6.07, 6.45) is 0. The molecule has 1 aliphatic heterocycles. The Kier molecular flexibility index (Phi) is 2.34. The zero-order chi connectivity index (χ0) is 13.7. The maximum atomic E-state index is 12.1. The Morgan fingerprint density at radius 2 is 2.00 bits per heavy atom. The highest BCUT2D eigenvalue weighted by Crippen LogP contribution is 2.40. The Bertz CT molecular complexity index is 855. The van der Waals surface area contributed by atoms with Gasteiger partial charge < -0.3 is 16.4 Å². The molecule has 20 heavy (non-hydrogen) atoms. The number of pyridine rings is 1. The van der Waals surface area contributed by atoms with Crippen molar-refractivity contribution in [2.24, 2.45) is 0 Å². The number of hydrogen-bond donors (Lipinski definition) is 3. The Morgan fingerprint density at radius 1 is 1.15 bits per heavy atom. The summed E-state index contributed by atoms with van der Waals surface area (Å²) in [4.78, 5) is 17.2. The van der Waals surface area contributed by atoms with Crippen molar-refractivity contribution < 1.29 is 4.79 Å². The van der Waals surface area contributed by atoms with Crippen LogP contribution in [-0.2, 0) is 0 Å². The van der Waals surface area contributed by atoms with E-state index >= 15 is 0 Å². The first-order valence-corrected chi connectivity index (χ1v) is 7.19. The minimum atomic E-state index is -0.0113. The minimum Gasteiger partial charge on any atom is -0.384 e. The van der Waals surface area contributed by atoms with Gasteiger partial charge in [0.05, 0.1) is 11.2 Å². The van der Waals surface area contributed by atoms with Crippen LogP contribution < -0.4 is 16.4 Å². The van der Waals surface area contributed by atoms with Crippen molar-refractivity contribution in [3.05, 3.63) is 29.1 Å². The van der Waals surface area contributed by atoms with E-state index in [-0.39, 0.29) is 5.91 Å². The normalized spacial score (nSPS) is 14.7. The first-order valence-electron chi connectivity index (χ1n) is 6.38. The van der Waals surface area contributed by atoms with Crippen molar-refractivity contribution in [1.29, 1.82) is 0 Å². The molecule has 4 rings (SSSR count). The van der Waals surface area contributed by atoms with Crippen LogP contribution >= 0.6 is 11.3 Å². The van der Waals surface area contributed by atoms with Crippen LogP contribution in [0, 0.1) is 0 Å². The van der Waals surface area contributed by atoms with Gasteiger partial charge in [-0.25, -0.2) is 4.98 Å². The van der Waals surface area contributed by atoms with Gasteiger partial charge in [0, 0.05) is 28.6 Å². The molecule has 0 spiro atoms. The van der Waals surface area contributed by atoms with Gasteiger partial charge in [-0.1, -0.05) is 0 Å². The minimum absolute atomic E-state index is 0.0113. The number of nitrogens with zero attached hydrogens (tertiary/aromatic N) is 1. The van der Waals surface area contributed by atoms with Crippen molar-refractivity contribution in [3.63, 3.8) is 0 Å². The van der Waals surface area contributed by atoms with E-state index in [1.807, 2.05) is 18.2 Å². The molecule has 5 nitrogen and oxygen atoms in total. The third-order valence-corrected chi connectivity index (χ3v) is 4.62. The number of anilines is 2. The molecule has 0 unspecified atom stereocenters. The van der Waals surface area contributed by atoms with Crippen LogP contribution in [0.3, 0.4) is 0 Å². The number of nitrogens with one attached hydrogen (secondary N) is 2. The Hall–Kier alpha value is -2.34. The van der Waals surface area contributed by atoms with Crippen molar-refractivity contribution >= 4 is 49.7 Å². The first kappa shape index (κ1) is 11.5. The molecule has 3 heterocycles. The highest BCUT2D eigenvalue weighted by atomic mass is 32.1. The number of nitrogen functional groups attached to an aromatic ring is 1. The van der Waals surface area contributed by atoms with E-state index in [4.69, 9.17) is 5.73 Å². The lowest BCUT2D eigenvalue weighted by Crippen LogP contribution is -2.24. The largest absolute Gasteiger partial charge is 0.384 e. The molecular formula is C14H12N4OS. The molecule has 0 aliphatic carbocycles. The molecule has 0 atom stereocenters. The standard InChI is InChI=1S/C14H12N4OS/c15-10-4-1-7-8(18-10)2-3-9-11(7)12-13(20-9)14(19)17-6-5-16-12/h1-4,16H,5-6H2,(H2,15,18)(H,17,19). The molecule has 6 heteroatoms. The van der Waals surface area contributed by atoms with Gasteiger partial charge in [-0.15, -0.1) is 11.3 Å². The zero-order valence-corrected chi connectivity index (χ0v) is 11.4. The van der Waals surface area contributed by atoms with E-state index in [1.165, 1.54) is 11.3 Å². The fourth-order valence-corrected chi connectivity index (χ4v) is 3.70. The first-order chi connectivity index (χ1) is 9.74. The summed E-state index contributed by atoms with van der Waals surface area (Å²) in [7, 11) is 0. The monoisotopic (exact) mass is 284 g/mol. The number of amides is 1. The molecular weight excluding hydrogens is 272 g/mol. The Morgan fingerprint density at radius 3 is 2.90 bits per heavy atom. The predicted octanol–water partition coefficient (Wildman–Crippen LogP) is 2.19. The smallest absolute Gasteiger partial charge is 0.263 e. The summed E-state index contributed by atoms with van der Waals surface area (Å²) in [5.74, 6) is 0.492. The molecule has 100 valence electrons. The fourth-order valence-electron chi connectivity index (χ4n) is 2.59. The molecule has 1 amide bonds. The molecule has 4 N–H and O–H groups in total. The second kappa shape index (κ2) is 4.08. The fraction of sp³-hybridized carbons (Fsp3) is 0.143. The van der Waals surface area contributed by atoms with Gasteiger partial charge in [0.1, 0.15) is 10.7 Å². The van der Waals surface area contributed by atoms with Crippen molar-refractivity contribution in [2.75, 3.05) is 24.1 Å². The lowest BCUT2D eigenvalue weighted by Gasteiger charge is -2.05. The lowest BCUT2D eigenvalue weighted by molar-refractivity contribution is 0.0962. The van der Waals surface area contributed by atoms with Crippen LogP contribution in [0.15, 0.2) is 24.3 Å². The summed E-state index contributed by atoms with van der Waals surface area (Å²) < 4.78 is 1.08. The van der Waals surface area contributed by atoms with Crippen LogP contribution in [0.4, 0.5) is 11.5 Å². The van der Waals surface area contributed by atoms with Crippen LogP contribution in [0.2, 0.25) is 0 Å². The summed E-state index contributed by atoms with van der Waals surface area (Å²) in [5.41, 5.74) is 7.51. The Balaban J connectivity index is 2.13. The quantitative estimate of drug-likeness (QED) is 0.591. The molecule has 3 aromatic rings. The van der Waals surface area contributed by atoms with Gasteiger partial charge in [0.15, 0.2) is 0 Å². The van der Waals surface area contributed by atoms with Gasteiger partial charge in [-0.05, 0) is 24.3 Å². The highest BCUT2D eigenvalue weighted by Gasteiger charge is 2.22. The van der Waals surface area contributed by atoms with E-state index in [0.717, 1.165) is 38.1 Å². The maximum absolute atomic E-state index is 12.1. The van der Waals surface area contributed by atoms with Gasteiger partial charge in [0.25, 0.3) is 5.91 Å². The van der Waals surface area contributed by atoms with E-state index in [0.29, 0.717) is 12.4 Å². The number of benzene rings is 1. The molecule has 0 bridgehead atoms. The summed E-state index contributed by atoms with van der Waals surface area (Å²) in [5, 5.41) is 8.33. The summed E-state index contributed by atoms with van der Waals surface area (Å²) >= 11 is 1.51. The topological polar surface area (TPSA) is 80.0 Å². The summed E-state index contributed by atoms with van der Waals surface area (Å²) in [6, 6.07) is 7.71. The van der Waals surface area contributed by atoms with Crippen molar-refractivity contribution in [1.82, 2.24) is 10.3 Å². The van der Waals surface area contributed by atoms with E-state index in [2.05, 4.69) is 15.6 Å². The van der Waals surface area contributed by atoms with E-state index < -0.39 is 0 Å². The van der Waals surface area contributed by atoms with Crippen LogP contribution in [0.1, 0.15) is 9.67 Å². The number of nitrogens with two attached hydrogens (primary N) is 1. The molecule has 0 fully saturated rings. The Labute approximate surface area is 118 Å². The number of hydrogen-bond acceptors (Lipinski definition) is 5. The van der Waals surface area contributed by atoms with Gasteiger partial charge >= 0.3 is 0 Å². The molecule has 0 saturated carbocycles. The second-order valence-corrected chi connectivity index (χ2v) is 5.78.